The minimum Gasteiger partial charge on any atom is -0.379 e. The molecule has 0 aliphatic carbocycles. The highest BCUT2D eigenvalue weighted by Crippen LogP contribution is 2.24. The molecule has 3 rings (SSSR count). The van der Waals surface area contributed by atoms with Crippen molar-refractivity contribution in [2.24, 2.45) is 0 Å². The van der Waals surface area contributed by atoms with Gasteiger partial charge >= 0.3 is 0 Å². The Bertz CT molecular complexity index is 836. The summed E-state index contributed by atoms with van der Waals surface area (Å²) in [6.07, 6.45) is 2.96. The second-order valence-corrected chi connectivity index (χ2v) is 7.10. The number of halogens is 2. The van der Waals surface area contributed by atoms with Crippen molar-refractivity contribution >= 4 is 35.0 Å². The van der Waals surface area contributed by atoms with Crippen LogP contribution in [0.1, 0.15) is 10.4 Å². The molecule has 1 aromatic heterocycles. The topological polar surface area (TPSA) is 88.5 Å². The van der Waals surface area contributed by atoms with E-state index in [1.54, 1.807) is 24.4 Å². The first kappa shape index (κ1) is 20.6. The third-order valence-corrected chi connectivity index (χ3v) is 4.80. The number of rotatable bonds is 7. The molecule has 0 atom stereocenters. The molecule has 2 amide bonds. The van der Waals surface area contributed by atoms with Crippen LogP contribution in [0.3, 0.4) is 0 Å². The Morgan fingerprint density at radius 2 is 1.96 bits per heavy atom. The molecule has 2 N–H and O–H groups in total. The van der Waals surface area contributed by atoms with Crippen LogP contribution in [0.2, 0.25) is 10.0 Å². The van der Waals surface area contributed by atoms with Gasteiger partial charge in [0.25, 0.3) is 5.91 Å². The maximum Gasteiger partial charge on any atom is 0.254 e. The lowest BCUT2D eigenvalue weighted by Crippen LogP contribution is -2.43. The number of morpholine rings is 1. The number of hydrogen-bond acceptors (Lipinski definition) is 5. The lowest BCUT2D eigenvalue weighted by Gasteiger charge is -2.26. The van der Waals surface area contributed by atoms with Gasteiger partial charge in [0.2, 0.25) is 5.91 Å². The largest absolute Gasteiger partial charge is 0.379 e. The van der Waals surface area contributed by atoms with Crippen LogP contribution in [0.4, 0.5) is 0 Å². The summed E-state index contributed by atoms with van der Waals surface area (Å²) in [5.41, 5.74) is 0.929. The third kappa shape index (κ3) is 5.68. The highest BCUT2D eigenvalue weighted by atomic mass is 35.5. The Labute approximate surface area is 172 Å². The van der Waals surface area contributed by atoms with E-state index in [-0.39, 0.29) is 18.4 Å². The van der Waals surface area contributed by atoms with Crippen molar-refractivity contribution in [3.8, 4) is 5.69 Å². The molecular weight excluding hydrogens is 405 g/mol. The first-order valence-electron chi connectivity index (χ1n) is 8.88. The number of carbonyl (C=O) groups excluding carboxylic acids is 2. The van der Waals surface area contributed by atoms with E-state index >= 15 is 0 Å². The van der Waals surface area contributed by atoms with E-state index in [9.17, 15) is 9.59 Å². The fourth-order valence-corrected chi connectivity index (χ4v) is 3.24. The zero-order valence-electron chi connectivity index (χ0n) is 15.2. The maximum absolute atomic E-state index is 12.2. The quantitative estimate of drug-likeness (QED) is 0.698. The molecule has 1 saturated heterocycles. The Morgan fingerprint density at radius 1 is 1.18 bits per heavy atom. The van der Waals surface area contributed by atoms with Gasteiger partial charge in [0.15, 0.2) is 0 Å². The van der Waals surface area contributed by atoms with Crippen molar-refractivity contribution in [3.63, 3.8) is 0 Å². The zero-order valence-corrected chi connectivity index (χ0v) is 16.7. The Hall–Kier alpha value is -2.13. The average molecular weight is 426 g/mol. The summed E-state index contributed by atoms with van der Waals surface area (Å²) in [6.45, 7) is 4.37. The van der Waals surface area contributed by atoms with Crippen LogP contribution in [0, 0.1) is 0 Å². The third-order valence-electron chi connectivity index (χ3n) is 4.26. The molecule has 150 valence electrons. The summed E-state index contributed by atoms with van der Waals surface area (Å²) in [5.74, 6) is -0.630. The lowest BCUT2D eigenvalue weighted by molar-refractivity contribution is -0.120. The molecule has 10 heteroatoms. The van der Waals surface area contributed by atoms with Crippen molar-refractivity contribution in [3.05, 3.63) is 46.2 Å². The van der Waals surface area contributed by atoms with Gasteiger partial charge in [0.1, 0.15) is 0 Å². The SMILES string of the molecule is O=C(CNC(=O)c1cnn(-c2ccc(Cl)cc2Cl)c1)NCCN1CCOCC1. The summed E-state index contributed by atoms with van der Waals surface area (Å²) in [7, 11) is 0. The molecule has 2 heterocycles. The molecule has 0 saturated carbocycles. The standard InChI is InChI=1S/C18H21Cl2N5O3/c19-14-1-2-16(15(20)9-14)25-12-13(10-23-25)18(27)22-11-17(26)21-3-4-24-5-7-28-8-6-24/h1-2,9-10,12H,3-8,11H2,(H,21,26)(H,22,27). The van der Waals surface area contributed by atoms with Gasteiger partial charge in [0, 0.05) is 37.4 Å². The number of aromatic nitrogens is 2. The fraction of sp³-hybridized carbons (Fsp3) is 0.389. The Morgan fingerprint density at radius 3 is 2.71 bits per heavy atom. The van der Waals surface area contributed by atoms with E-state index < -0.39 is 0 Å². The summed E-state index contributed by atoms with van der Waals surface area (Å²) in [6, 6.07) is 4.99. The zero-order chi connectivity index (χ0) is 19.9. The molecule has 1 aliphatic heterocycles. The summed E-state index contributed by atoms with van der Waals surface area (Å²) < 4.78 is 6.76. The van der Waals surface area contributed by atoms with Gasteiger partial charge in [-0.15, -0.1) is 0 Å². The number of nitrogens with one attached hydrogen (secondary N) is 2. The van der Waals surface area contributed by atoms with Gasteiger partial charge in [-0.25, -0.2) is 4.68 Å². The number of carbonyl (C=O) groups is 2. The second kappa shape index (κ2) is 9.88. The number of nitrogens with zero attached hydrogens (tertiary/aromatic N) is 3. The van der Waals surface area contributed by atoms with Crippen molar-refractivity contribution in [1.29, 1.82) is 0 Å². The molecule has 1 aliphatic rings. The van der Waals surface area contributed by atoms with E-state index in [0.717, 1.165) is 32.8 Å². The van der Waals surface area contributed by atoms with Gasteiger partial charge in [-0.05, 0) is 18.2 Å². The Kier molecular flexibility index (Phi) is 7.27. The van der Waals surface area contributed by atoms with Crippen LogP contribution in [-0.2, 0) is 9.53 Å². The van der Waals surface area contributed by atoms with Crippen LogP contribution in [0.15, 0.2) is 30.6 Å². The molecule has 1 aromatic carbocycles. The number of ether oxygens (including phenoxy) is 1. The summed E-state index contributed by atoms with van der Waals surface area (Å²) in [4.78, 5) is 26.4. The van der Waals surface area contributed by atoms with Gasteiger partial charge in [-0.3, -0.25) is 14.5 Å². The van der Waals surface area contributed by atoms with Gasteiger partial charge in [-0.2, -0.15) is 5.10 Å². The van der Waals surface area contributed by atoms with Crippen LogP contribution < -0.4 is 10.6 Å². The van der Waals surface area contributed by atoms with Crippen molar-refractivity contribution < 1.29 is 14.3 Å². The molecule has 1 fully saturated rings. The second-order valence-electron chi connectivity index (χ2n) is 6.26. The minimum absolute atomic E-state index is 0.102. The summed E-state index contributed by atoms with van der Waals surface area (Å²) in [5, 5.41) is 10.4. The molecule has 0 unspecified atom stereocenters. The maximum atomic E-state index is 12.2. The number of benzene rings is 1. The average Bonchev–Trinajstić information content (AvgIpc) is 3.17. The molecule has 0 radical (unpaired) electrons. The van der Waals surface area contributed by atoms with E-state index in [4.69, 9.17) is 27.9 Å². The van der Waals surface area contributed by atoms with Crippen molar-refractivity contribution in [2.45, 2.75) is 0 Å². The highest BCUT2D eigenvalue weighted by molar-refractivity contribution is 6.35. The van der Waals surface area contributed by atoms with Gasteiger partial charge in [-0.1, -0.05) is 23.2 Å². The van der Waals surface area contributed by atoms with Crippen LogP contribution >= 0.6 is 23.2 Å². The van der Waals surface area contributed by atoms with Crippen LogP contribution in [-0.4, -0.2) is 72.4 Å². The van der Waals surface area contributed by atoms with E-state index in [1.807, 2.05) is 0 Å². The smallest absolute Gasteiger partial charge is 0.254 e. The molecule has 28 heavy (non-hydrogen) atoms. The molecule has 2 aromatic rings. The number of amides is 2. The predicted octanol–water partition coefficient (Wildman–Crippen LogP) is 1.36. The van der Waals surface area contributed by atoms with Crippen LogP contribution in [0.5, 0.6) is 0 Å². The van der Waals surface area contributed by atoms with Crippen molar-refractivity contribution in [1.82, 2.24) is 25.3 Å². The first-order chi connectivity index (χ1) is 13.5. The normalized spacial score (nSPS) is 14.6. The monoisotopic (exact) mass is 425 g/mol. The van der Waals surface area contributed by atoms with E-state index in [0.29, 0.717) is 27.8 Å². The molecule has 0 spiro atoms. The van der Waals surface area contributed by atoms with Crippen molar-refractivity contribution in [2.75, 3.05) is 45.9 Å². The Balaban J connectivity index is 1.44. The molecule has 8 nitrogen and oxygen atoms in total. The summed E-state index contributed by atoms with van der Waals surface area (Å²) >= 11 is 12.0. The van der Waals surface area contributed by atoms with E-state index in [2.05, 4.69) is 20.6 Å². The molecular formula is C18H21Cl2N5O3. The fourth-order valence-electron chi connectivity index (χ4n) is 2.74. The first-order valence-corrected chi connectivity index (χ1v) is 9.63. The van der Waals surface area contributed by atoms with Gasteiger partial charge in [0.05, 0.1) is 42.2 Å². The van der Waals surface area contributed by atoms with Crippen LogP contribution in [0.25, 0.3) is 5.69 Å². The lowest BCUT2D eigenvalue weighted by atomic mass is 10.3. The number of hydrogen-bond donors (Lipinski definition) is 2. The highest BCUT2D eigenvalue weighted by Gasteiger charge is 2.13. The van der Waals surface area contributed by atoms with Gasteiger partial charge < -0.3 is 15.4 Å². The predicted molar refractivity (Wildman–Crippen MR) is 106 cm³/mol. The minimum atomic E-state index is -0.389. The molecule has 0 bridgehead atoms. The van der Waals surface area contributed by atoms with E-state index in [1.165, 1.54) is 10.9 Å².